The molecule has 0 aliphatic carbocycles. The first-order valence-electron chi connectivity index (χ1n) is 10.3. The summed E-state index contributed by atoms with van der Waals surface area (Å²) < 4.78 is 38.6. The molecule has 1 saturated heterocycles. The molecule has 9 heteroatoms. The fourth-order valence-electron chi connectivity index (χ4n) is 3.78. The van der Waals surface area contributed by atoms with Crippen molar-refractivity contribution in [1.82, 2.24) is 14.5 Å². The third-order valence-electron chi connectivity index (χ3n) is 5.53. The molecule has 0 saturated carbocycles. The number of rotatable bonds is 6. The number of aryl methyl sites for hydroxylation is 1. The molecule has 0 atom stereocenters. The Bertz CT molecular complexity index is 1190. The average molecular weight is 455 g/mol. The highest BCUT2D eigenvalue weighted by Gasteiger charge is 2.31. The van der Waals surface area contributed by atoms with Crippen molar-refractivity contribution < 1.29 is 17.9 Å². The van der Waals surface area contributed by atoms with Crippen LogP contribution in [0.5, 0.6) is 11.5 Å². The van der Waals surface area contributed by atoms with Crippen LogP contribution in [0.3, 0.4) is 0 Å². The molecule has 168 valence electrons. The molecular weight excluding hydrogens is 428 g/mol. The second-order valence-corrected chi connectivity index (χ2v) is 9.43. The van der Waals surface area contributed by atoms with Crippen LogP contribution in [0, 0.1) is 6.92 Å². The van der Waals surface area contributed by atoms with E-state index in [0.29, 0.717) is 37.7 Å². The number of aromatic nitrogens is 2. The zero-order valence-electron chi connectivity index (χ0n) is 18.4. The minimum Gasteiger partial charge on any atom is -0.496 e. The predicted molar refractivity (Wildman–Crippen MR) is 123 cm³/mol. The largest absolute Gasteiger partial charge is 0.496 e. The van der Waals surface area contributed by atoms with Crippen LogP contribution in [0.15, 0.2) is 59.5 Å². The Morgan fingerprint density at radius 3 is 2.22 bits per heavy atom. The smallest absolute Gasteiger partial charge is 0.246 e. The molecule has 1 fully saturated rings. The summed E-state index contributed by atoms with van der Waals surface area (Å²) in [7, 11) is -0.545. The van der Waals surface area contributed by atoms with Gasteiger partial charge in [0.15, 0.2) is 5.82 Å². The van der Waals surface area contributed by atoms with Crippen molar-refractivity contribution >= 4 is 15.8 Å². The SMILES string of the molecule is COc1ccccc1-c1ccc(N2CCN(S(=O)(=O)c3cc(C)ccc3OC)CC2)nn1. The fourth-order valence-corrected chi connectivity index (χ4v) is 5.44. The number of anilines is 1. The van der Waals surface area contributed by atoms with E-state index in [1.54, 1.807) is 19.2 Å². The summed E-state index contributed by atoms with van der Waals surface area (Å²) in [4.78, 5) is 2.24. The summed E-state index contributed by atoms with van der Waals surface area (Å²) in [6, 6.07) is 16.6. The van der Waals surface area contributed by atoms with Gasteiger partial charge in [-0.3, -0.25) is 0 Å². The third kappa shape index (κ3) is 4.26. The van der Waals surface area contributed by atoms with Gasteiger partial charge in [0.25, 0.3) is 0 Å². The van der Waals surface area contributed by atoms with Crippen LogP contribution in [-0.4, -0.2) is 63.3 Å². The van der Waals surface area contributed by atoms with Gasteiger partial charge in [-0.1, -0.05) is 18.2 Å². The van der Waals surface area contributed by atoms with E-state index in [9.17, 15) is 8.42 Å². The van der Waals surface area contributed by atoms with Crippen molar-refractivity contribution in [2.75, 3.05) is 45.3 Å². The summed E-state index contributed by atoms with van der Waals surface area (Å²) in [6.07, 6.45) is 0. The van der Waals surface area contributed by atoms with Gasteiger partial charge in [-0.05, 0) is 48.9 Å². The first kappa shape index (κ1) is 22.0. The Morgan fingerprint density at radius 1 is 0.844 bits per heavy atom. The highest BCUT2D eigenvalue weighted by molar-refractivity contribution is 7.89. The molecule has 0 N–H and O–H groups in total. The fraction of sp³-hybridized carbons (Fsp3) is 0.304. The van der Waals surface area contributed by atoms with Gasteiger partial charge in [-0.25, -0.2) is 8.42 Å². The number of piperazine rings is 1. The van der Waals surface area contributed by atoms with E-state index >= 15 is 0 Å². The van der Waals surface area contributed by atoms with Gasteiger partial charge in [-0.15, -0.1) is 10.2 Å². The summed E-state index contributed by atoms with van der Waals surface area (Å²) in [6.45, 7) is 3.63. The Balaban J connectivity index is 1.48. The van der Waals surface area contributed by atoms with Crippen LogP contribution in [0.25, 0.3) is 11.3 Å². The van der Waals surface area contributed by atoms with Gasteiger partial charge >= 0.3 is 0 Å². The minimum absolute atomic E-state index is 0.203. The molecule has 1 aliphatic heterocycles. The standard InChI is InChI=1S/C23H26N4O4S/c1-17-8-10-21(31-3)22(16-17)32(28,29)27-14-12-26(13-15-27)23-11-9-19(24-25-23)18-6-4-5-7-20(18)30-2/h4-11,16H,12-15H2,1-3H3. The molecule has 0 amide bonds. The predicted octanol–water partition coefficient (Wildman–Crippen LogP) is 2.98. The lowest BCUT2D eigenvalue weighted by atomic mass is 10.1. The van der Waals surface area contributed by atoms with E-state index in [-0.39, 0.29) is 4.90 Å². The summed E-state index contributed by atoms with van der Waals surface area (Å²) in [5, 5.41) is 8.73. The number of nitrogens with zero attached hydrogens (tertiary/aromatic N) is 4. The number of ether oxygens (including phenoxy) is 2. The molecule has 0 bridgehead atoms. The highest BCUT2D eigenvalue weighted by atomic mass is 32.2. The van der Waals surface area contributed by atoms with Gasteiger partial charge < -0.3 is 14.4 Å². The first-order chi connectivity index (χ1) is 15.4. The van der Waals surface area contributed by atoms with Crippen molar-refractivity contribution in [3.63, 3.8) is 0 Å². The van der Waals surface area contributed by atoms with Crippen LogP contribution in [0.2, 0.25) is 0 Å². The van der Waals surface area contributed by atoms with Crippen LogP contribution >= 0.6 is 0 Å². The Morgan fingerprint density at radius 2 is 1.56 bits per heavy atom. The van der Waals surface area contributed by atoms with Gasteiger partial charge in [0, 0.05) is 31.7 Å². The number of hydrogen-bond donors (Lipinski definition) is 0. The van der Waals surface area contributed by atoms with Crippen molar-refractivity contribution in [2.24, 2.45) is 0 Å². The van der Waals surface area contributed by atoms with E-state index < -0.39 is 10.0 Å². The minimum atomic E-state index is -3.65. The highest BCUT2D eigenvalue weighted by Crippen LogP contribution is 2.30. The maximum absolute atomic E-state index is 13.2. The topological polar surface area (TPSA) is 84.9 Å². The van der Waals surface area contributed by atoms with Crippen molar-refractivity contribution in [3.05, 3.63) is 60.2 Å². The molecule has 2 aromatic carbocycles. The average Bonchev–Trinajstić information content (AvgIpc) is 2.84. The number of para-hydroxylation sites is 1. The summed E-state index contributed by atoms with van der Waals surface area (Å²) in [5.74, 6) is 1.81. The maximum atomic E-state index is 13.2. The second-order valence-electron chi connectivity index (χ2n) is 7.52. The number of methoxy groups -OCH3 is 2. The van der Waals surface area contributed by atoms with Crippen molar-refractivity contribution in [2.45, 2.75) is 11.8 Å². The number of sulfonamides is 1. The Hall–Kier alpha value is -3.17. The van der Waals surface area contributed by atoms with E-state index in [0.717, 1.165) is 22.6 Å². The van der Waals surface area contributed by atoms with Gasteiger partial charge in [0.2, 0.25) is 10.0 Å². The number of hydrogen-bond acceptors (Lipinski definition) is 7. The molecule has 0 spiro atoms. The monoisotopic (exact) mass is 454 g/mol. The van der Waals surface area contributed by atoms with Crippen LogP contribution in [0.1, 0.15) is 5.56 Å². The van der Waals surface area contributed by atoms with Crippen LogP contribution < -0.4 is 14.4 Å². The lowest BCUT2D eigenvalue weighted by Gasteiger charge is -2.34. The second kappa shape index (κ2) is 9.13. The van der Waals surface area contributed by atoms with Crippen molar-refractivity contribution in [3.8, 4) is 22.8 Å². The summed E-state index contributed by atoms with van der Waals surface area (Å²) >= 11 is 0. The van der Waals surface area contributed by atoms with Crippen molar-refractivity contribution in [1.29, 1.82) is 0 Å². The zero-order valence-corrected chi connectivity index (χ0v) is 19.2. The van der Waals surface area contributed by atoms with Gasteiger partial charge in [0.1, 0.15) is 16.4 Å². The molecule has 1 aromatic heterocycles. The molecule has 0 unspecified atom stereocenters. The zero-order chi connectivity index (χ0) is 22.7. The van der Waals surface area contributed by atoms with Gasteiger partial charge in [-0.2, -0.15) is 4.31 Å². The van der Waals surface area contributed by atoms with Crippen LogP contribution in [0.4, 0.5) is 5.82 Å². The molecule has 3 aromatic rings. The third-order valence-corrected chi connectivity index (χ3v) is 7.45. The Kier molecular flexibility index (Phi) is 6.29. The summed E-state index contributed by atoms with van der Waals surface area (Å²) in [5.41, 5.74) is 2.46. The molecular formula is C23H26N4O4S. The normalized spacial score (nSPS) is 14.9. The van der Waals surface area contributed by atoms with E-state index in [4.69, 9.17) is 9.47 Å². The Labute approximate surface area is 188 Å². The molecule has 8 nitrogen and oxygen atoms in total. The molecule has 4 rings (SSSR count). The molecule has 32 heavy (non-hydrogen) atoms. The maximum Gasteiger partial charge on any atom is 0.246 e. The van der Waals surface area contributed by atoms with Gasteiger partial charge in [0.05, 0.1) is 19.9 Å². The molecule has 0 radical (unpaired) electrons. The number of benzene rings is 2. The molecule has 1 aliphatic rings. The molecule has 2 heterocycles. The first-order valence-corrected chi connectivity index (χ1v) is 11.7. The van der Waals surface area contributed by atoms with E-state index in [2.05, 4.69) is 10.2 Å². The van der Waals surface area contributed by atoms with E-state index in [1.165, 1.54) is 11.4 Å². The quantitative estimate of drug-likeness (QED) is 0.566. The van der Waals surface area contributed by atoms with E-state index in [1.807, 2.05) is 54.3 Å². The lowest BCUT2D eigenvalue weighted by molar-refractivity contribution is 0.373. The lowest BCUT2D eigenvalue weighted by Crippen LogP contribution is -2.49. The van der Waals surface area contributed by atoms with Crippen LogP contribution in [-0.2, 0) is 10.0 Å².